The van der Waals surface area contributed by atoms with Crippen molar-refractivity contribution in [2.24, 2.45) is 59.2 Å². The minimum atomic E-state index is 0.368. The second-order valence-corrected chi connectivity index (χ2v) is 12.8. The summed E-state index contributed by atoms with van der Waals surface area (Å²) in [5.74, 6) is 8.65. The summed E-state index contributed by atoms with van der Waals surface area (Å²) in [6.07, 6.45) is 20.4. The minimum absolute atomic E-state index is 0.368. The van der Waals surface area contributed by atoms with Gasteiger partial charge in [0, 0.05) is 13.2 Å². The average Bonchev–Trinajstić information content (AvgIpc) is 2.83. The maximum atomic E-state index is 9.57. The average molecular weight is 463 g/mol. The highest BCUT2D eigenvalue weighted by Crippen LogP contribution is 2.53. The molecule has 8 unspecified atom stereocenters. The molecule has 2 heteroatoms. The summed E-state index contributed by atoms with van der Waals surface area (Å²) in [7, 11) is 0. The molecule has 3 fully saturated rings. The predicted molar refractivity (Wildman–Crippen MR) is 141 cm³/mol. The van der Waals surface area contributed by atoms with Crippen LogP contribution in [0.15, 0.2) is 0 Å². The summed E-state index contributed by atoms with van der Waals surface area (Å²) in [6.45, 7) is 10.6. The van der Waals surface area contributed by atoms with Gasteiger partial charge in [-0.05, 0) is 111 Å². The molecular weight excluding hydrogens is 404 g/mol. The predicted octanol–water partition coefficient (Wildman–Crippen LogP) is 8.10. The third-order valence-electron chi connectivity index (χ3n) is 11.1. The zero-order valence-electron chi connectivity index (χ0n) is 22.7. The zero-order valence-corrected chi connectivity index (χ0v) is 22.7. The van der Waals surface area contributed by atoms with E-state index in [2.05, 4.69) is 27.7 Å². The second-order valence-electron chi connectivity index (χ2n) is 12.8. The van der Waals surface area contributed by atoms with Crippen molar-refractivity contribution < 1.29 is 10.2 Å². The molecule has 3 aliphatic carbocycles. The molecule has 33 heavy (non-hydrogen) atoms. The fourth-order valence-electron chi connectivity index (χ4n) is 9.34. The molecule has 2 nitrogen and oxygen atoms in total. The van der Waals surface area contributed by atoms with Gasteiger partial charge in [-0.3, -0.25) is 0 Å². The van der Waals surface area contributed by atoms with E-state index in [-0.39, 0.29) is 0 Å². The van der Waals surface area contributed by atoms with Gasteiger partial charge in [0.1, 0.15) is 0 Å². The first-order valence-corrected chi connectivity index (χ1v) is 15.3. The molecule has 8 atom stereocenters. The van der Waals surface area contributed by atoms with Gasteiger partial charge in [0.15, 0.2) is 0 Å². The standard InChI is InChI=1S/C31H58O2/c1-5-24(16-18-32)27-12-14-29(22(3)20-27)31(26-10-8-7-9-11-26)30-15-13-28(21-23(30)4)25(6-2)17-19-33/h22-33H,5-21H2,1-4H3. The molecule has 0 amide bonds. The largest absolute Gasteiger partial charge is 0.396 e. The van der Waals surface area contributed by atoms with Crippen molar-refractivity contribution in [3.63, 3.8) is 0 Å². The Hall–Kier alpha value is -0.0800. The van der Waals surface area contributed by atoms with Gasteiger partial charge in [0.2, 0.25) is 0 Å². The van der Waals surface area contributed by atoms with Crippen LogP contribution in [0.4, 0.5) is 0 Å². The highest BCUT2D eigenvalue weighted by atomic mass is 16.3. The number of hydrogen-bond donors (Lipinski definition) is 2. The maximum absolute atomic E-state index is 9.57. The first-order chi connectivity index (χ1) is 16.0. The van der Waals surface area contributed by atoms with Crippen LogP contribution in [0.25, 0.3) is 0 Å². The van der Waals surface area contributed by atoms with Gasteiger partial charge >= 0.3 is 0 Å². The lowest BCUT2D eigenvalue weighted by Crippen LogP contribution is -2.43. The topological polar surface area (TPSA) is 40.5 Å². The van der Waals surface area contributed by atoms with Crippen LogP contribution < -0.4 is 0 Å². The Labute approximate surface area is 206 Å². The van der Waals surface area contributed by atoms with Gasteiger partial charge in [-0.1, -0.05) is 72.6 Å². The van der Waals surface area contributed by atoms with Gasteiger partial charge < -0.3 is 10.2 Å². The van der Waals surface area contributed by atoms with E-state index in [0.29, 0.717) is 13.2 Å². The van der Waals surface area contributed by atoms with Crippen LogP contribution in [0.2, 0.25) is 0 Å². The zero-order chi connectivity index (χ0) is 23.8. The van der Waals surface area contributed by atoms with Crippen LogP contribution in [0, 0.1) is 59.2 Å². The molecule has 0 saturated heterocycles. The normalized spacial score (nSPS) is 36.9. The van der Waals surface area contributed by atoms with Crippen molar-refractivity contribution in [2.75, 3.05) is 13.2 Å². The number of aliphatic hydroxyl groups is 2. The van der Waals surface area contributed by atoms with Crippen molar-refractivity contribution in [2.45, 2.75) is 124 Å². The summed E-state index contributed by atoms with van der Waals surface area (Å²) in [6, 6.07) is 0. The van der Waals surface area contributed by atoms with E-state index < -0.39 is 0 Å². The molecule has 0 radical (unpaired) electrons. The van der Waals surface area contributed by atoms with Gasteiger partial charge in [0.25, 0.3) is 0 Å². The van der Waals surface area contributed by atoms with Crippen LogP contribution in [0.5, 0.6) is 0 Å². The van der Waals surface area contributed by atoms with Crippen molar-refractivity contribution in [1.29, 1.82) is 0 Å². The summed E-state index contributed by atoms with van der Waals surface area (Å²) in [5, 5.41) is 19.1. The quantitative estimate of drug-likeness (QED) is 0.325. The molecule has 0 aromatic heterocycles. The molecule has 0 aromatic rings. The molecule has 3 aliphatic rings. The van der Waals surface area contributed by atoms with Crippen molar-refractivity contribution >= 4 is 0 Å². The smallest absolute Gasteiger partial charge is 0.0433 e. The highest BCUT2D eigenvalue weighted by Gasteiger charge is 2.45. The summed E-state index contributed by atoms with van der Waals surface area (Å²) in [5.41, 5.74) is 0. The SMILES string of the molecule is CCC(CCO)C1CCC(C(C2CCCCC2)C2CCC(C(CC)CCO)CC2C)C(C)C1. The molecule has 0 bridgehead atoms. The second kappa shape index (κ2) is 13.9. The fourth-order valence-corrected chi connectivity index (χ4v) is 9.34. The molecule has 0 aliphatic heterocycles. The molecule has 0 heterocycles. The van der Waals surface area contributed by atoms with Crippen molar-refractivity contribution in [3.8, 4) is 0 Å². The Morgan fingerprint density at radius 3 is 1.42 bits per heavy atom. The van der Waals surface area contributed by atoms with Crippen molar-refractivity contribution in [3.05, 3.63) is 0 Å². The third-order valence-corrected chi connectivity index (χ3v) is 11.1. The van der Waals surface area contributed by atoms with Gasteiger partial charge in [-0.15, -0.1) is 0 Å². The van der Waals surface area contributed by atoms with Crippen LogP contribution >= 0.6 is 0 Å². The van der Waals surface area contributed by atoms with E-state index >= 15 is 0 Å². The van der Waals surface area contributed by atoms with Crippen molar-refractivity contribution in [1.82, 2.24) is 0 Å². The first-order valence-electron chi connectivity index (χ1n) is 15.3. The van der Waals surface area contributed by atoms with E-state index in [1.165, 1.54) is 83.5 Å². The number of hydrogen-bond acceptors (Lipinski definition) is 2. The van der Waals surface area contributed by atoms with Crippen LogP contribution in [0.3, 0.4) is 0 Å². The lowest BCUT2D eigenvalue weighted by atomic mass is 9.54. The Kier molecular flexibility index (Phi) is 11.6. The lowest BCUT2D eigenvalue weighted by molar-refractivity contribution is -0.0152. The Balaban J connectivity index is 1.72. The van der Waals surface area contributed by atoms with Crippen LogP contribution in [-0.2, 0) is 0 Å². The number of aliphatic hydroxyl groups excluding tert-OH is 2. The molecule has 3 saturated carbocycles. The summed E-state index contributed by atoms with van der Waals surface area (Å²) in [4.78, 5) is 0. The van der Waals surface area contributed by atoms with Gasteiger partial charge in [-0.2, -0.15) is 0 Å². The van der Waals surface area contributed by atoms with E-state index in [1.807, 2.05) is 0 Å². The highest BCUT2D eigenvalue weighted by molar-refractivity contribution is 4.94. The van der Waals surface area contributed by atoms with E-state index in [1.54, 1.807) is 0 Å². The summed E-state index contributed by atoms with van der Waals surface area (Å²) < 4.78 is 0. The molecule has 3 rings (SSSR count). The minimum Gasteiger partial charge on any atom is -0.396 e. The molecule has 0 aromatic carbocycles. The monoisotopic (exact) mass is 462 g/mol. The van der Waals surface area contributed by atoms with E-state index in [9.17, 15) is 10.2 Å². The Morgan fingerprint density at radius 2 is 1.06 bits per heavy atom. The van der Waals surface area contributed by atoms with E-state index in [0.717, 1.165) is 72.0 Å². The van der Waals surface area contributed by atoms with Crippen LogP contribution in [-0.4, -0.2) is 23.4 Å². The Morgan fingerprint density at radius 1 is 0.606 bits per heavy atom. The van der Waals surface area contributed by atoms with E-state index in [4.69, 9.17) is 0 Å². The maximum Gasteiger partial charge on any atom is 0.0433 e. The van der Waals surface area contributed by atoms with Gasteiger partial charge in [-0.25, -0.2) is 0 Å². The molecule has 194 valence electrons. The fraction of sp³-hybridized carbons (Fsp3) is 1.00. The molecule has 0 spiro atoms. The summed E-state index contributed by atoms with van der Waals surface area (Å²) >= 11 is 0. The number of rotatable bonds is 11. The lowest BCUT2D eigenvalue weighted by Gasteiger charge is -2.51. The molecule has 2 N–H and O–H groups in total. The van der Waals surface area contributed by atoms with Crippen LogP contribution in [0.1, 0.15) is 124 Å². The Bertz CT molecular complexity index is 489. The first kappa shape index (κ1) is 27.5. The van der Waals surface area contributed by atoms with Gasteiger partial charge in [0.05, 0.1) is 0 Å². The third kappa shape index (κ3) is 6.99. The molecular formula is C31H58O2.